The zero-order chi connectivity index (χ0) is 11.2. The Labute approximate surface area is 96.4 Å². The van der Waals surface area contributed by atoms with Gasteiger partial charge in [0.1, 0.15) is 7.85 Å². The fraction of sp³-hybridized carbons (Fsp3) is 0.455. The van der Waals surface area contributed by atoms with Gasteiger partial charge in [-0.3, -0.25) is 4.90 Å². The minimum Gasteiger partial charge on any atom is -0.379 e. The third-order valence-corrected chi connectivity index (χ3v) is 2.28. The molecule has 0 unspecified atom stereocenters. The summed E-state index contributed by atoms with van der Waals surface area (Å²) in [7, 11) is 5.48. The van der Waals surface area contributed by atoms with Crippen LogP contribution in [0.1, 0.15) is 5.82 Å². The minimum absolute atomic E-state index is 0.516. The maximum atomic E-state index is 5.48. The second-order valence-electron chi connectivity index (χ2n) is 3.53. The lowest BCUT2D eigenvalue weighted by molar-refractivity contribution is 0.0443. The standard InChI is InChI=1S/C11H12BN3O/c12-10-8-13-11(14-9-10)2-1-3-15-4-6-16-7-5-15/h8-9H,3-7H2. The van der Waals surface area contributed by atoms with E-state index in [1.165, 1.54) is 0 Å². The molecule has 2 rings (SSSR count). The molecule has 16 heavy (non-hydrogen) atoms. The summed E-state index contributed by atoms with van der Waals surface area (Å²) >= 11 is 0. The molecule has 2 radical (unpaired) electrons. The molecule has 1 aliphatic heterocycles. The van der Waals surface area contributed by atoms with Crippen molar-refractivity contribution in [3.63, 3.8) is 0 Å². The maximum Gasteiger partial charge on any atom is 0.204 e. The third-order valence-electron chi connectivity index (χ3n) is 2.28. The quantitative estimate of drug-likeness (QED) is 0.441. The van der Waals surface area contributed by atoms with Crippen LogP contribution in [-0.2, 0) is 4.74 Å². The summed E-state index contributed by atoms with van der Waals surface area (Å²) in [6.07, 6.45) is 3.12. The largest absolute Gasteiger partial charge is 0.379 e. The molecule has 0 saturated carbocycles. The van der Waals surface area contributed by atoms with Crippen LogP contribution in [0.25, 0.3) is 0 Å². The van der Waals surface area contributed by atoms with E-state index in [-0.39, 0.29) is 0 Å². The van der Waals surface area contributed by atoms with Gasteiger partial charge in [-0.1, -0.05) is 11.4 Å². The number of ether oxygens (including phenoxy) is 1. The van der Waals surface area contributed by atoms with Crippen LogP contribution in [-0.4, -0.2) is 55.6 Å². The van der Waals surface area contributed by atoms with Gasteiger partial charge in [-0.15, -0.1) is 0 Å². The van der Waals surface area contributed by atoms with Crippen LogP contribution in [0.3, 0.4) is 0 Å². The van der Waals surface area contributed by atoms with Crippen LogP contribution < -0.4 is 5.46 Å². The molecule has 1 saturated heterocycles. The molecule has 5 heteroatoms. The number of hydrogen-bond donors (Lipinski definition) is 0. The van der Waals surface area contributed by atoms with Gasteiger partial charge in [-0.2, -0.15) is 0 Å². The third kappa shape index (κ3) is 3.33. The normalized spacial score (nSPS) is 16.5. The summed E-state index contributed by atoms with van der Waals surface area (Å²) in [5.41, 5.74) is 0.554. The predicted octanol–water partition coefficient (Wildman–Crippen LogP) is -1.05. The number of hydrogen-bond acceptors (Lipinski definition) is 4. The maximum absolute atomic E-state index is 5.48. The minimum atomic E-state index is 0.516. The molecule has 1 aliphatic rings. The van der Waals surface area contributed by atoms with E-state index in [1.807, 2.05) is 0 Å². The van der Waals surface area contributed by atoms with Crippen molar-refractivity contribution in [1.82, 2.24) is 14.9 Å². The van der Waals surface area contributed by atoms with E-state index in [9.17, 15) is 0 Å². The topological polar surface area (TPSA) is 38.2 Å². The van der Waals surface area contributed by atoms with Crippen LogP contribution >= 0.6 is 0 Å². The second kappa shape index (κ2) is 5.64. The van der Waals surface area contributed by atoms with E-state index in [4.69, 9.17) is 12.6 Å². The Morgan fingerprint density at radius 3 is 2.69 bits per heavy atom. The Hall–Kier alpha value is -1.38. The first-order valence-electron chi connectivity index (χ1n) is 5.21. The molecule has 80 valence electrons. The molecular weight excluding hydrogens is 201 g/mol. The first-order valence-corrected chi connectivity index (χ1v) is 5.21. The molecule has 0 aliphatic carbocycles. The van der Waals surface area contributed by atoms with Gasteiger partial charge in [0.05, 0.1) is 19.8 Å². The highest BCUT2D eigenvalue weighted by Gasteiger charge is 2.07. The van der Waals surface area contributed by atoms with Gasteiger partial charge in [0.15, 0.2) is 0 Å². The SMILES string of the molecule is [B]c1cnc(C#CCN2CCOCC2)nc1. The van der Waals surface area contributed by atoms with Crippen molar-refractivity contribution < 1.29 is 4.74 Å². The highest BCUT2D eigenvalue weighted by molar-refractivity contribution is 6.31. The Balaban J connectivity index is 1.87. The lowest BCUT2D eigenvalue weighted by Crippen LogP contribution is -2.36. The van der Waals surface area contributed by atoms with Crippen molar-refractivity contribution in [2.45, 2.75) is 0 Å². The van der Waals surface area contributed by atoms with E-state index in [0.29, 0.717) is 11.3 Å². The molecule has 1 aromatic rings. The van der Waals surface area contributed by atoms with Crippen LogP contribution in [0.4, 0.5) is 0 Å². The zero-order valence-electron chi connectivity index (χ0n) is 9.02. The van der Waals surface area contributed by atoms with Gasteiger partial charge in [0.2, 0.25) is 5.82 Å². The smallest absolute Gasteiger partial charge is 0.204 e. The van der Waals surface area contributed by atoms with Crippen LogP contribution in [0.2, 0.25) is 0 Å². The lowest BCUT2D eigenvalue weighted by Gasteiger charge is -2.24. The number of morpholine rings is 1. The van der Waals surface area contributed by atoms with Crippen molar-refractivity contribution in [1.29, 1.82) is 0 Å². The summed E-state index contributed by atoms with van der Waals surface area (Å²) in [6, 6.07) is 0. The first kappa shape index (κ1) is 11.1. The fourth-order valence-corrected chi connectivity index (χ4v) is 1.39. The average Bonchev–Trinajstić information content (AvgIpc) is 2.33. The number of nitrogens with zero attached hydrogens (tertiary/aromatic N) is 3. The average molecular weight is 213 g/mol. The second-order valence-corrected chi connectivity index (χ2v) is 3.53. The lowest BCUT2D eigenvalue weighted by atomic mass is 10.0. The highest BCUT2D eigenvalue weighted by Crippen LogP contribution is 1.94. The summed E-state index contributed by atoms with van der Waals surface area (Å²) < 4.78 is 5.25. The van der Waals surface area contributed by atoms with E-state index in [2.05, 4.69) is 26.7 Å². The highest BCUT2D eigenvalue weighted by atomic mass is 16.5. The monoisotopic (exact) mass is 213 g/mol. The van der Waals surface area contributed by atoms with Crippen molar-refractivity contribution in [3.05, 3.63) is 18.2 Å². The Morgan fingerprint density at radius 2 is 2.00 bits per heavy atom. The zero-order valence-corrected chi connectivity index (χ0v) is 9.02. The molecule has 0 bridgehead atoms. The van der Waals surface area contributed by atoms with Gasteiger partial charge in [0.25, 0.3) is 0 Å². The van der Waals surface area contributed by atoms with Gasteiger partial charge < -0.3 is 4.74 Å². The Morgan fingerprint density at radius 1 is 1.31 bits per heavy atom. The van der Waals surface area contributed by atoms with Crippen molar-refractivity contribution >= 4 is 13.3 Å². The molecule has 0 amide bonds. The van der Waals surface area contributed by atoms with Crippen LogP contribution in [0.15, 0.2) is 12.4 Å². The first-order chi connectivity index (χ1) is 7.84. The van der Waals surface area contributed by atoms with E-state index in [0.717, 1.165) is 32.8 Å². The summed E-state index contributed by atoms with van der Waals surface area (Å²) in [4.78, 5) is 10.3. The van der Waals surface area contributed by atoms with E-state index < -0.39 is 0 Å². The molecule has 1 aromatic heterocycles. The van der Waals surface area contributed by atoms with Crippen molar-refractivity contribution in [3.8, 4) is 11.8 Å². The molecule has 0 spiro atoms. The molecule has 0 N–H and O–H groups in total. The Bertz CT molecular complexity index is 390. The van der Waals surface area contributed by atoms with Gasteiger partial charge in [0, 0.05) is 25.5 Å². The molecule has 0 aromatic carbocycles. The van der Waals surface area contributed by atoms with Crippen LogP contribution in [0, 0.1) is 11.8 Å². The van der Waals surface area contributed by atoms with Crippen molar-refractivity contribution in [2.24, 2.45) is 0 Å². The van der Waals surface area contributed by atoms with Crippen molar-refractivity contribution in [2.75, 3.05) is 32.8 Å². The number of aromatic nitrogens is 2. The molecular formula is C11H12BN3O. The van der Waals surface area contributed by atoms with Crippen LogP contribution in [0.5, 0.6) is 0 Å². The van der Waals surface area contributed by atoms with Gasteiger partial charge in [-0.05, 0) is 5.92 Å². The summed E-state index contributed by atoms with van der Waals surface area (Å²) in [5, 5.41) is 0. The Kier molecular flexibility index (Phi) is 3.92. The van der Waals surface area contributed by atoms with E-state index >= 15 is 0 Å². The molecule has 0 atom stereocenters. The summed E-state index contributed by atoms with van der Waals surface area (Å²) in [6.45, 7) is 4.20. The molecule has 2 heterocycles. The summed E-state index contributed by atoms with van der Waals surface area (Å²) in [5.74, 6) is 6.47. The van der Waals surface area contributed by atoms with Gasteiger partial charge in [-0.25, -0.2) is 9.97 Å². The molecule has 4 nitrogen and oxygen atoms in total. The van der Waals surface area contributed by atoms with E-state index in [1.54, 1.807) is 12.4 Å². The number of rotatable bonds is 1. The fourth-order valence-electron chi connectivity index (χ4n) is 1.39. The predicted molar refractivity (Wildman–Crippen MR) is 61.6 cm³/mol. The molecule has 1 fully saturated rings. The van der Waals surface area contributed by atoms with Gasteiger partial charge >= 0.3 is 0 Å².